The summed E-state index contributed by atoms with van der Waals surface area (Å²) < 4.78 is 5.34. The van der Waals surface area contributed by atoms with Crippen molar-refractivity contribution < 1.29 is 14.3 Å². The Bertz CT molecular complexity index is 556. The number of ether oxygens (including phenoxy) is 1. The maximum absolute atomic E-state index is 12.5. The van der Waals surface area contributed by atoms with Gasteiger partial charge < -0.3 is 14.5 Å². The zero-order valence-corrected chi connectivity index (χ0v) is 13.7. The standard InChI is InChI=1S/C18H24N2O3/c1-14(21)15-2-4-17(5-3-15)19-8-10-20(11-9-19)18(22)16-6-12-23-13-7-16/h2-5,16H,6-13H2,1H3. The molecule has 1 amide bonds. The Hall–Kier alpha value is -1.88. The van der Waals surface area contributed by atoms with Crippen LogP contribution in [-0.4, -0.2) is 56.0 Å². The number of carbonyl (C=O) groups excluding carboxylic acids is 2. The lowest BCUT2D eigenvalue weighted by Gasteiger charge is -2.38. The van der Waals surface area contributed by atoms with Crippen molar-refractivity contribution in [2.45, 2.75) is 19.8 Å². The first-order valence-electron chi connectivity index (χ1n) is 8.37. The van der Waals surface area contributed by atoms with Crippen molar-refractivity contribution >= 4 is 17.4 Å². The van der Waals surface area contributed by atoms with E-state index in [-0.39, 0.29) is 11.7 Å². The highest BCUT2D eigenvalue weighted by atomic mass is 16.5. The summed E-state index contributed by atoms with van der Waals surface area (Å²) in [4.78, 5) is 28.1. The van der Waals surface area contributed by atoms with E-state index in [1.54, 1.807) is 6.92 Å². The molecule has 0 unspecified atom stereocenters. The zero-order valence-electron chi connectivity index (χ0n) is 13.7. The van der Waals surface area contributed by atoms with Crippen molar-refractivity contribution in [2.75, 3.05) is 44.3 Å². The van der Waals surface area contributed by atoms with Crippen LogP contribution in [0, 0.1) is 5.92 Å². The third-order valence-electron chi connectivity index (χ3n) is 4.80. The van der Waals surface area contributed by atoms with Crippen LogP contribution in [0.1, 0.15) is 30.1 Å². The molecule has 2 heterocycles. The molecule has 1 aromatic carbocycles. The van der Waals surface area contributed by atoms with Crippen molar-refractivity contribution in [3.8, 4) is 0 Å². The SMILES string of the molecule is CC(=O)c1ccc(N2CCN(C(=O)C3CCOCC3)CC2)cc1. The van der Waals surface area contributed by atoms with Crippen LogP contribution in [0.3, 0.4) is 0 Å². The van der Waals surface area contributed by atoms with Crippen LogP contribution >= 0.6 is 0 Å². The van der Waals surface area contributed by atoms with Crippen LogP contribution in [-0.2, 0) is 9.53 Å². The minimum atomic E-state index is 0.0865. The highest BCUT2D eigenvalue weighted by molar-refractivity contribution is 5.94. The Kier molecular flexibility index (Phi) is 4.96. The average Bonchev–Trinajstić information content (AvgIpc) is 2.62. The van der Waals surface area contributed by atoms with Crippen LogP contribution < -0.4 is 4.90 Å². The highest BCUT2D eigenvalue weighted by Crippen LogP contribution is 2.21. The molecule has 2 aliphatic heterocycles. The number of hydrogen-bond acceptors (Lipinski definition) is 4. The molecule has 5 heteroatoms. The molecule has 0 N–H and O–H groups in total. The monoisotopic (exact) mass is 316 g/mol. The van der Waals surface area contributed by atoms with Gasteiger partial charge in [0.2, 0.25) is 5.91 Å². The Morgan fingerprint density at radius 2 is 1.61 bits per heavy atom. The first-order valence-corrected chi connectivity index (χ1v) is 8.37. The largest absolute Gasteiger partial charge is 0.381 e. The Morgan fingerprint density at radius 3 is 2.17 bits per heavy atom. The summed E-state index contributed by atoms with van der Waals surface area (Å²) in [6, 6.07) is 7.73. The van der Waals surface area contributed by atoms with Gasteiger partial charge in [-0.3, -0.25) is 9.59 Å². The Balaban J connectivity index is 1.55. The predicted octanol–water partition coefficient (Wildman–Crippen LogP) is 1.96. The van der Waals surface area contributed by atoms with Crippen molar-refractivity contribution in [2.24, 2.45) is 5.92 Å². The van der Waals surface area contributed by atoms with Crippen molar-refractivity contribution in [1.29, 1.82) is 0 Å². The fraction of sp³-hybridized carbons (Fsp3) is 0.556. The van der Waals surface area contributed by atoms with E-state index >= 15 is 0 Å². The number of piperazine rings is 1. The minimum Gasteiger partial charge on any atom is -0.381 e. The number of hydrogen-bond donors (Lipinski definition) is 0. The molecule has 3 rings (SSSR count). The molecule has 2 aliphatic rings. The van der Waals surface area contributed by atoms with Gasteiger partial charge in [0, 0.05) is 56.6 Å². The maximum atomic E-state index is 12.5. The molecule has 2 saturated heterocycles. The first-order chi connectivity index (χ1) is 11.1. The van der Waals surface area contributed by atoms with Gasteiger partial charge in [0.25, 0.3) is 0 Å². The summed E-state index contributed by atoms with van der Waals surface area (Å²) in [5, 5.41) is 0. The predicted molar refractivity (Wildman–Crippen MR) is 88.8 cm³/mol. The number of Topliss-reactive ketones (excluding diaryl/α,β-unsaturated/α-hetero) is 1. The van der Waals surface area contributed by atoms with E-state index in [0.29, 0.717) is 19.1 Å². The fourth-order valence-electron chi connectivity index (χ4n) is 3.29. The van der Waals surface area contributed by atoms with E-state index in [1.165, 1.54) is 0 Å². The van der Waals surface area contributed by atoms with Crippen molar-refractivity contribution in [3.63, 3.8) is 0 Å². The second-order valence-electron chi connectivity index (χ2n) is 6.30. The summed E-state index contributed by atoms with van der Waals surface area (Å²) >= 11 is 0. The second kappa shape index (κ2) is 7.13. The minimum absolute atomic E-state index is 0.0865. The molecular weight excluding hydrogens is 292 g/mol. The van der Waals surface area contributed by atoms with Gasteiger partial charge in [0.15, 0.2) is 5.78 Å². The van der Waals surface area contributed by atoms with Crippen molar-refractivity contribution in [1.82, 2.24) is 4.90 Å². The molecule has 0 aromatic heterocycles. The van der Waals surface area contributed by atoms with Crippen LogP contribution in [0.2, 0.25) is 0 Å². The number of carbonyl (C=O) groups is 2. The van der Waals surface area contributed by atoms with E-state index in [0.717, 1.165) is 50.3 Å². The zero-order chi connectivity index (χ0) is 16.2. The van der Waals surface area contributed by atoms with Gasteiger partial charge in [-0.05, 0) is 44.0 Å². The number of rotatable bonds is 3. The summed E-state index contributed by atoms with van der Waals surface area (Å²) in [6.07, 6.45) is 1.71. The van der Waals surface area contributed by atoms with Crippen molar-refractivity contribution in [3.05, 3.63) is 29.8 Å². The number of anilines is 1. The highest BCUT2D eigenvalue weighted by Gasteiger charge is 2.28. The fourth-order valence-corrected chi connectivity index (χ4v) is 3.29. The van der Waals surface area contributed by atoms with Gasteiger partial charge in [-0.25, -0.2) is 0 Å². The lowest BCUT2D eigenvalue weighted by Crippen LogP contribution is -2.51. The average molecular weight is 316 g/mol. The molecule has 1 aromatic rings. The van der Waals surface area contributed by atoms with E-state index in [2.05, 4.69) is 4.90 Å². The van der Waals surface area contributed by atoms with Gasteiger partial charge in [0.1, 0.15) is 0 Å². The quantitative estimate of drug-likeness (QED) is 0.800. The third kappa shape index (κ3) is 3.72. The van der Waals surface area contributed by atoms with E-state index in [1.807, 2.05) is 29.2 Å². The molecule has 2 fully saturated rings. The Labute approximate surface area is 137 Å². The molecule has 124 valence electrons. The molecule has 5 nitrogen and oxygen atoms in total. The summed E-state index contributed by atoms with van der Waals surface area (Å²) in [6.45, 7) is 6.21. The lowest BCUT2D eigenvalue weighted by atomic mass is 9.98. The molecule has 23 heavy (non-hydrogen) atoms. The molecule has 0 saturated carbocycles. The van der Waals surface area contributed by atoms with Crippen LogP contribution in [0.15, 0.2) is 24.3 Å². The van der Waals surface area contributed by atoms with Crippen LogP contribution in [0.5, 0.6) is 0 Å². The maximum Gasteiger partial charge on any atom is 0.225 e. The number of ketones is 1. The topological polar surface area (TPSA) is 49.9 Å². The molecule has 0 aliphatic carbocycles. The van der Waals surface area contributed by atoms with Gasteiger partial charge in [-0.2, -0.15) is 0 Å². The summed E-state index contributed by atoms with van der Waals surface area (Å²) in [5.41, 5.74) is 1.86. The van der Waals surface area contributed by atoms with Crippen LogP contribution in [0.4, 0.5) is 5.69 Å². The Morgan fingerprint density at radius 1 is 1.00 bits per heavy atom. The number of amides is 1. The molecule has 0 atom stereocenters. The smallest absolute Gasteiger partial charge is 0.225 e. The van der Waals surface area contributed by atoms with Crippen LogP contribution in [0.25, 0.3) is 0 Å². The first kappa shape index (κ1) is 16.0. The van der Waals surface area contributed by atoms with E-state index in [4.69, 9.17) is 4.74 Å². The summed E-state index contributed by atoms with van der Waals surface area (Å²) in [7, 11) is 0. The van der Waals surface area contributed by atoms with E-state index < -0.39 is 0 Å². The van der Waals surface area contributed by atoms with Gasteiger partial charge in [-0.15, -0.1) is 0 Å². The van der Waals surface area contributed by atoms with Gasteiger partial charge in [-0.1, -0.05) is 0 Å². The number of benzene rings is 1. The summed E-state index contributed by atoms with van der Waals surface area (Å²) in [5.74, 6) is 0.522. The second-order valence-corrected chi connectivity index (χ2v) is 6.30. The molecule has 0 radical (unpaired) electrons. The molecule has 0 bridgehead atoms. The lowest BCUT2D eigenvalue weighted by molar-refractivity contribution is -0.138. The van der Waals surface area contributed by atoms with Gasteiger partial charge in [0.05, 0.1) is 0 Å². The molecule has 0 spiro atoms. The third-order valence-corrected chi connectivity index (χ3v) is 4.80. The normalized spacial score (nSPS) is 19.7. The number of nitrogens with zero attached hydrogens (tertiary/aromatic N) is 2. The molecular formula is C18H24N2O3. The van der Waals surface area contributed by atoms with Gasteiger partial charge >= 0.3 is 0 Å². The van der Waals surface area contributed by atoms with E-state index in [9.17, 15) is 9.59 Å².